The van der Waals surface area contributed by atoms with Crippen molar-refractivity contribution in [1.82, 2.24) is 9.21 Å². The first-order chi connectivity index (χ1) is 8.87. The topological polar surface area (TPSA) is 66.6 Å². The molecule has 0 bridgehead atoms. The van der Waals surface area contributed by atoms with Gasteiger partial charge in [0.15, 0.2) is 0 Å². The molecule has 1 aliphatic heterocycles. The lowest BCUT2D eigenvalue weighted by atomic mass is 10.2. The van der Waals surface area contributed by atoms with Crippen LogP contribution in [0.5, 0.6) is 0 Å². The molecule has 0 aromatic carbocycles. The van der Waals surface area contributed by atoms with E-state index < -0.39 is 10.0 Å². The van der Waals surface area contributed by atoms with E-state index in [2.05, 4.69) is 4.90 Å². The number of thiophene rings is 1. The normalized spacial score (nSPS) is 22.8. The Balaban J connectivity index is 2.39. The van der Waals surface area contributed by atoms with E-state index in [1.807, 2.05) is 26.3 Å². The average Bonchev–Trinajstić information content (AvgIpc) is 2.70. The Labute approximate surface area is 119 Å². The molecule has 1 fully saturated rings. The molecular weight excluding hydrogens is 282 g/mol. The summed E-state index contributed by atoms with van der Waals surface area (Å²) >= 11 is 1.43. The van der Waals surface area contributed by atoms with Gasteiger partial charge in [0, 0.05) is 37.1 Å². The van der Waals surface area contributed by atoms with Gasteiger partial charge < -0.3 is 10.6 Å². The number of hydrogen-bond acceptors (Lipinski definition) is 5. The molecule has 7 heteroatoms. The SMILES string of the molecule is Cc1csc(CN)c1S(=O)(=O)N1CCN(C)CC1C. The number of aryl methyl sites for hydroxylation is 1. The lowest BCUT2D eigenvalue weighted by Gasteiger charge is -2.37. The van der Waals surface area contributed by atoms with Crippen LogP contribution in [0.25, 0.3) is 0 Å². The maximum Gasteiger partial charge on any atom is 0.244 e. The van der Waals surface area contributed by atoms with Crippen molar-refractivity contribution in [3.05, 3.63) is 15.8 Å². The van der Waals surface area contributed by atoms with Crippen LogP contribution in [-0.2, 0) is 16.6 Å². The van der Waals surface area contributed by atoms with Crippen molar-refractivity contribution in [2.75, 3.05) is 26.7 Å². The van der Waals surface area contributed by atoms with E-state index >= 15 is 0 Å². The van der Waals surface area contributed by atoms with Gasteiger partial charge in [0.1, 0.15) is 4.90 Å². The summed E-state index contributed by atoms with van der Waals surface area (Å²) in [4.78, 5) is 3.33. The third-order valence-electron chi connectivity index (χ3n) is 3.51. The Bertz CT molecular complexity index is 553. The number of piperazine rings is 1. The molecule has 19 heavy (non-hydrogen) atoms. The van der Waals surface area contributed by atoms with Crippen LogP contribution in [0.1, 0.15) is 17.4 Å². The summed E-state index contributed by atoms with van der Waals surface area (Å²) in [5, 5.41) is 1.87. The summed E-state index contributed by atoms with van der Waals surface area (Å²) < 4.78 is 27.3. The molecule has 0 aliphatic carbocycles. The molecule has 1 unspecified atom stereocenters. The highest BCUT2D eigenvalue weighted by Gasteiger charge is 2.35. The van der Waals surface area contributed by atoms with Crippen LogP contribution in [0.15, 0.2) is 10.3 Å². The third-order valence-corrected chi connectivity index (χ3v) is 7.01. The fraction of sp³-hybridized carbons (Fsp3) is 0.667. The zero-order valence-electron chi connectivity index (χ0n) is 11.6. The van der Waals surface area contributed by atoms with Gasteiger partial charge in [-0.05, 0) is 31.8 Å². The summed E-state index contributed by atoms with van der Waals surface area (Å²) in [5.41, 5.74) is 6.47. The van der Waals surface area contributed by atoms with Gasteiger partial charge in [-0.15, -0.1) is 11.3 Å². The minimum absolute atomic E-state index is 0.00586. The standard InChI is InChI=1S/C12H21N3O2S2/c1-9-8-18-11(6-13)12(9)19(16,17)15-5-4-14(3)7-10(15)2/h8,10H,4-7,13H2,1-3H3. The minimum atomic E-state index is -3.43. The fourth-order valence-corrected chi connectivity index (χ4v) is 5.84. The molecule has 0 spiro atoms. The smallest absolute Gasteiger partial charge is 0.244 e. The number of sulfonamides is 1. The molecule has 1 aliphatic rings. The summed E-state index contributed by atoms with van der Waals surface area (Å²) in [7, 11) is -1.41. The van der Waals surface area contributed by atoms with Crippen LogP contribution in [0.2, 0.25) is 0 Å². The van der Waals surface area contributed by atoms with Crippen molar-refractivity contribution < 1.29 is 8.42 Å². The lowest BCUT2D eigenvalue weighted by molar-refractivity contribution is 0.170. The number of rotatable bonds is 3. The van der Waals surface area contributed by atoms with Crippen molar-refractivity contribution in [1.29, 1.82) is 0 Å². The first-order valence-corrected chi connectivity index (χ1v) is 8.67. The second kappa shape index (κ2) is 5.49. The van der Waals surface area contributed by atoms with Gasteiger partial charge in [-0.1, -0.05) is 0 Å². The zero-order valence-corrected chi connectivity index (χ0v) is 13.2. The van der Waals surface area contributed by atoms with E-state index in [4.69, 9.17) is 5.73 Å². The van der Waals surface area contributed by atoms with Crippen LogP contribution in [0.3, 0.4) is 0 Å². The second-order valence-electron chi connectivity index (χ2n) is 5.10. The van der Waals surface area contributed by atoms with Crippen molar-refractivity contribution in [3.63, 3.8) is 0 Å². The number of nitrogens with zero attached hydrogens (tertiary/aromatic N) is 2. The Hall–Kier alpha value is -0.470. The van der Waals surface area contributed by atoms with Crippen LogP contribution < -0.4 is 5.73 Å². The van der Waals surface area contributed by atoms with Crippen LogP contribution in [0.4, 0.5) is 0 Å². The molecule has 108 valence electrons. The van der Waals surface area contributed by atoms with E-state index in [0.717, 1.165) is 23.5 Å². The van der Waals surface area contributed by atoms with Gasteiger partial charge in [-0.25, -0.2) is 8.42 Å². The largest absolute Gasteiger partial charge is 0.326 e. The molecule has 0 radical (unpaired) electrons. The summed E-state index contributed by atoms with van der Waals surface area (Å²) in [5.74, 6) is 0. The average molecular weight is 303 g/mol. The summed E-state index contributed by atoms with van der Waals surface area (Å²) in [6, 6.07) is -0.00586. The van der Waals surface area contributed by atoms with Gasteiger partial charge in [0.05, 0.1) is 0 Å². The third kappa shape index (κ3) is 2.71. The number of likely N-dealkylation sites (N-methyl/N-ethyl adjacent to an activating group) is 1. The highest BCUT2D eigenvalue weighted by molar-refractivity contribution is 7.89. The van der Waals surface area contributed by atoms with Crippen LogP contribution in [0, 0.1) is 6.92 Å². The number of hydrogen-bond donors (Lipinski definition) is 1. The highest BCUT2D eigenvalue weighted by Crippen LogP contribution is 2.30. The first kappa shape index (κ1) is 14.9. The van der Waals surface area contributed by atoms with Crippen molar-refractivity contribution in [2.45, 2.75) is 31.3 Å². The van der Waals surface area contributed by atoms with Gasteiger partial charge in [-0.2, -0.15) is 4.31 Å². The van der Waals surface area contributed by atoms with Gasteiger partial charge in [-0.3, -0.25) is 0 Å². The molecule has 2 N–H and O–H groups in total. The number of nitrogens with two attached hydrogens (primary N) is 1. The molecular formula is C12H21N3O2S2. The summed E-state index contributed by atoms with van der Waals surface area (Å²) in [6.45, 7) is 6.14. The molecule has 0 amide bonds. The second-order valence-corrected chi connectivity index (χ2v) is 7.89. The van der Waals surface area contributed by atoms with Crippen molar-refractivity contribution in [3.8, 4) is 0 Å². The molecule has 2 heterocycles. The predicted molar refractivity (Wildman–Crippen MR) is 77.8 cm³/mol. The minimum Gasteiger partial charge on any atom is -0.326 e. The molecule has 0 saturated carbocycles. The maximum atomic E-state index is 12.8. The van der Waals surface area contributed by atoms with Crippen molar-refractivity contribution >= 4 is 21.4 Å². The van der Waals surface area contributed by atoms with Gasteiger partial charge >= 0.3 is 0 Å². The van der Waals surface area contributed by atoms with Gasteiger partial charge in [0.25, 0.3) is 0 Å². The fourth-order valence-electron chi connectivity index (χ4n) is 2.57. The van der Waals surface area contributed by atoms with Crippen LogP contribution >= 0.6 is 11.3 Å². The van der Waals surface area contributed by atoms with Gasteiger partial charge in [0.2, 0.25) is 10.0 Å². The van der Waals surface area contributed by atoms with E-state index in [1.54, 1.807) is 4.31 Å². The lowest BCUT2D eigenvalue weighted by Crippen LogP contribution is -2.52. The van der Waals surface area contributed by atoms with E-state index in [0.29, 0.717) is 11.4 Å². The zero-order chi connectivity index (χ0) is 14.2. The Kier molecular flexibility index (Phi) is 4.32. The van der Waals surface area contributed by atoms with Crippen LogP contribution in [-0.4, -0.2) is 50.3 Å². The molecule has 1 saturated heterocycles. The van der Waals surface area contributed by atoms with E-state index in [-0.39, 0.29) is 12.6 Å². The molecule has 1 atom stereocenters. The maximum absolute atomic E-state index is 12.8. The van der Waals surface area contributed by atoms with E-state index in [1.165, 1.54) is 11.3 Å². The Morgan fingerprint density at radius 2 is 2.16 bits per heavy atom. The molecule has 5 nitrogen and oxygen atoms in total. The first-order valence-electron chi connectivity index (χ1n) is 6.35. The highest BCUT2D eigenvalue weighted by atomic mass is 32.2. The quantitative estimate of drug-likeness (QED) is 0.898. The summed E-state index contributed by atoms with van der Waals surface area (Å²) in [6.07, 6.45) is 0. The Morgan fingerprint density at radius 1 is 1.47 bits per heavy atom. The molecule has 2 rings (SSSR count). The molecule has 1 aromatic heterocycles. The van der Waals surface area contributed by atoms with E-state index in [9.17, 15) is 8.42 Å². The predicted octanol–water partition coefficient (Wildman–Crippen LogP) is 0.840. The van der Waals surface area contributed by atoms with Crippen molar-refractivity contribution in [2.24, 2.45) is 5.73 Å². The molecule has 1 aromatic rings. The Morgan fingerprint density at radius 3 is 2.74 bits per heavy atom. The monoisotopic (exact) mass is 303 g/mol.